The van der Waals surface area contributed by atoms with E-state index in [4.69, 9.17) is 5.73 Å². The van der Waals surface area contributed by atoms with Crippen LogP contribution in [0.15, 0.2) is 36.4 Å². The standard InChI is InChI=1S/C28H29N5O/c29-16-19-7-8-21-18-33(13-9-20(21)15-19)14-12-28(10-2-1-3-11-28)22-5-4-6-23-25(22)26(27(31)34)24(17-30)32-23/h4-8,15,32H,1-3,9-14,18H2,(H2,31,34). The first-order chi connectivity index (χ1) is 16.5. The van der Waals surface area contributed by atoms with Crippen molar-refractivity contribution >= 4 is 16.8 Å². The highest BCUT2D eigenvalue weighted by Crippen LogP contribution is 2.46. The minimum absolute atomic E-state index is 0.0399. The molecule has 0 unspecified atom stereocenters. The molecule has 1 saturated carbocycles. The van der Waals surface area contributed by atoms with Crippen LogP contribution in [0, 0.1) is 22.7 Å². The first-order valence-electron chi connectivity index (χ1n) is 12.1. The average Bonchev–Trinajstić information content (AvgIpc) is 3.27. The number of carbonyl (C=O) groups is 1. The number of aromatic nitrogens is 1. The lowest BCUT2D eigenvalue weighted by molar-refractivity contribution is 0.100. The van der Waals surface area contributed by atoms with E-state index in [1.807, 2.05) is 24.3 Å². The summed E-state index contributed by atoms with van der Waals surface area (Å²) in [4.78, 5) is 18.0. The predicted octanol–water partition coefficient (Wildman–Crippen LogP) is 4.66. The first-order valence-corrected chi connectivity index (χ1v) is 12.1. The maximum atomic E-state index is 12.4. The Hall–Kier alpha value is -3.61. The summed E-state index contributed by atoms with van der Waals surface area (Å²) in [6.45, 7) is 2.85. The third-order valence-corrected chi connectivity index (χ3v) is 7.90. The summed E-state index contributed by atoms with van der Waals surface area (Å²) in [5.74, 6) is -0.550. The van der Waals surface area contributed by atoms with Crippen LogP contribution in [0.1, 0.15) is 76.8 Å². The monoisotopic (exact) mass is 451 g/mol. The van der Waals surface area contributed by atoms with Gasteiger partial charge in [-0.25, -0.2) is 0 Å². The molecule has 1 fully saturated rings. The number of hydrogen-bond donors (Lipinski definition) is 2. The highest BCUT2D eigenvalue weighted by Gasteiger charge is 2.37. The van der Waals surface area contributed by atoms with Gasteiger partial charge in [0.2, 0.25) is 0 Å². The van der Waals surface area contributed by atoms with E-state index in [1.54, 1.807) is 0 Å². The molecule has 172 valence electrons. The van der Waals surface area contributed by atoms with Gasteiger partial charge in [0.15, 0.2) is 0 Å². The lowest BCUT2D eigenvalue weighted by Gasteiger charge is -2.41. The van der Waals surface area contributed by atoms with Crippen molar-refractivity contribution in [3.63, 3.8) is 0 Å². The van der Waals surface area contributed by atoms with E-state index in [1.165, 1.54) is 17.5 Å². The van der Waals surface area contributed by atoms with Crippen molar-refractivity contribution in [3.8, 4) is 12.1 Å². The summed E-state index contributed by atoms with van der Waals surface area (Å²) in [5, 5.41) is 19.6. The number of benzene rings is 2. The van der Waals surface area contributed by atoms with Crippen molar-refractivity contribution in [2.24, 2.45) is 5.73 Å². The molecule has 1 aliphatic heterocycles. The molecule has 6 nitrogen and oxygen atoms in total. The molecular formula is C28H29N5O. The number of aromatic amines is 1. The molecule has 2 heterocycles. The molecular weight excluding hydrogens is 422 g/mol. The maximum Gasteiger partial charge on any atom is 0.252 e. The molecule has 3 N–H and O–H groups in total. The Morgan fingerprint density at radius 2 is 1.91 bits per heavy atom. The van der Waals surface area contributed by atoms with E-state index < -0.39 is 5.91 Å². The summed E-state index contributed by atoms with van der Waals surface area (Å²) in [7, 11) is 0. The summed E-state index contributed by atoms with van der Waals surface area (Å²) >= 11 is 0. The molecule has 34 heavy (non-hydrogen) atoms. The van der Waals surface area contributed by atoms with Crippen LogP contribution in [0.2, 0.25) is 0 Å². The first kappa shape index (κ1) is 22.2. The largest absolute Gasteiger partial charge is 0.365 e. The zero-order chi connectivity index (χ0) is 23.7. The Labute approximate surface area is 200 Å². The fourth-order valence-electron chi connectivity index (χ4n) is 6.15. The molecule has 6 heteroatoms. The average molecular weight is 452 g/mol. The van der Waals surface area contributed by atoms with Crippen molar-refractivity contribution in [2.75, 3.05) is 13.1 Å². The molecule has 2 aromatic carbocycles. The number of rotatable bonds is 5. The van der Waals surface area contributed by atoms with Gasteiger partial charge in [-0.05, 0) is 72.5 Å². The van der Waals surface area contributed by atoms with Crippen LogP contribution in [-0.2, 0) is 18.4 Å². The third-order valence-electron chi connectivity index (χ3n) is 7.90. The number of nitrogens with zero attached hydrogens (tertiary/aromatic N) is 3. The predicted molar refractivity (Wildman–Crippen MR) is 131 cm³/mol. The summed E-state index contributed by atoms with van der Waals surface area (Å²) < 4.78 is 0. The number of fused-ring (bicyclic) bond motifs is 2. The van der Waals surface area contributed by atoms with E-state index in [0.717, 1.165) is 80.2 Å². The Balaban J connectivity index is 1.47. The number of amides is 1. The Morgan fingerprint density at radius 3 is 2.65 bits per heavy atom. The van der Waals surface area contributed by atoms with Crippen molar-refractivity contribution in [1.29, 1.82) is 10.5 Å². The molecule has 0 spiro atoms. The Morgan fingerprint density at radius 1 is 1.09 bits per heavy atom. The van der Waals surface area contributed by atoms with Gasteiger partial charge in [-0.2, -0.15) is 10.5 Å². The van der Waals surface area contributed by atoms with Crippen LogP contribution >= 0.6 is 0 Å². The number of primary amides is 1. The smallest absolute Gasteiger partial charge is 0.252 e. The third kappa shape index (κ3) is 3.85. The Bertz CT molecular complexity index is 1330. The summed E-state index contributed by atoms with van der Waals surface area (Å²) in [5.41, 5.74) is 11.6. The Kier molecular flexibility index (Phi) is 5.86. The SMILES string of the molecule is N#Cc1ccc2c(c1)CCN(CCC1(c3cccc4[nH]c(C#N)c(C(N)=O)c34)CCCCC1)C2. The van der Waals surface area contributed by atoms with Crippen molar-refractivity contribution in [3.05, 3.63) is 69.9 Å². The molecule has 0 bridgehead atoms. The second kappa shape index (κ2) is 8.97. The zero-order valence-corrected chi connectivity index (χ0v) is 19.4. The van der Waals surface area contributed by atoms with Gasteiger partial charge in [-0.15, -0.1) is 0 Å². The molecule has 1 amide bonds. The highest BCUT2D eigenvalue weighted by molar-refractivity contribution is 6.09. The normalized spacial score (nSPS) is 17.6. The van der Waals surface area contributed by atoms with E-state index in [2.05, 4.69) is 34.2 Å². The van der Waals surface area contributed by atoms with E-state index in [9.17, 15) is 15.3 Å². The fraction of sp³-hybridized carbons (Fsp3) is 0.393. The lowest BCUT2D eigenvalue weighted by atomic mass is 9.66. The lowest BCUT2D eigenvalue weighted by Crippen LogP contribution is -2.37. The number of hydrogen-bond acceptors (Lipinski definition) is 4. The number of nitrogens with one attached hydrogen (secondary N) is 1. The van der Waals surface area contributed by atoms with Gasteiger partial charge >= 0.3 is 0 Å². The summed E-state index contributed by atoms with van der Waals surface area (Å²) in [6, 6.07) is 16.5. The van der Waals surface area contributed by atoms with Crippen LogP contribution in [0.5, 0.6) is 0 Å². The van der Waals surface area contributed by atoms with Gasteiger partial charge < -0.3 is 10.7 Å². The van der Waals surface area contributed by atoms with Crippen LogP contribution in [-0.4, -0.2) is 28.9 Å². The number of H-pyrrole nitrogens is 1. The van der Waals surface area contributed by atoms with Crippen molar-refractivity contribution in [2.45, 2.75) is 56.9 Å². The fourth-order valence-corrected chi connectivity index (χ4v) is 6.15. The van der Waals surface area contributed by atoms with E-state index in [-0.39, 0.29) is 11.1 Å². The molecule has 3 aromatic rings. The van der Waals surface area contributed by atoms with Crippen molar-refractivity contribution < 1.29 is 4.79 Å². The maximum absolute atomic E-state index is 12.4. The topological polar surface area (TPSA) is 110 Å². The number of nitrogens with two attached hydrogens (primary N) is 1. The van der Waals surface area contributed by atoms with Crippen LogP contribution < -0.4 is 5.73 Å². The van der Waals surface area contributed by atoms with Crippen molar-refractivity contribution in [1.82, 2.24) is 9.88 Å². The van der Waals surface area contributed by atoms with Gasteiger partial charge in [0, 0.05) is 24.0 Å². The van der Waals surface area contributed by atoms with Gasteiger partial charge in [0.05, 0.1) is 17.2 Å². The zero-order valence-electron chi connectivity index (χ0n) is 19.4. The highest BCUT2D eigenvalue weighted by atomic mass is 16.1. The second-order valence-electron chi connectivity index (χ2n) is 9.79. The molecule has 0 saturated heterocycles. The second-order valence-corrected chi connectivity index (χ2v) is 9.79. The van der Waals surface area contributed by atoms with Gasteiger partial charge in [-0.3, -0.25) is 9.69 Å². The van der Waals surface area contributed by atoms with E-state index in [0.29, 0.717) is 5.56 Å². The van der Waals surface area contributed by atoms with Crippen LogP contribution in [0.3, 0.4) is 0 Å². The number of carbonyl (C=O) groups excluding carboxylic acids is 1. The quantitative estimate of drug-likeness (QED) is 0.588. The minimum atomic E-state index is -0.550. The van der Waals surface area contributed by atoms with Gasteiger partial charge in [0.1, 0.15) is 11.8 Å². The number of nitriles is 2. The molecule has 1 aromatic heterocycles. The summed E-state index contributed by atoms with van der Waals surface area (Å²) in [6.07, 6.45) is 7.68. The molecule has 0 atom stereocenters. The minimum Gasteiger partial charge on any atom is -0.365 e. The van der Waals surface area contributed by atoms with Gasteiger partial charge in [-0.1, -0.05) is 37.5 Å². The van der Waals surface area contributed by atoms with E-state index >= 15 is 0 Å². The molecule has 0 radical (unpaired) electrons. The van der Waals surface area contributed by atoms with Crippen LogP contribution in [0.25, 0.3) is 10.9 Å². The van der Waals surface area contributed by atoms with Gasteiger partial charge in [0.25, 0.3) is 5.91 Å². The molecule has 1 aliphatic carbocycles. The van der Waals surface area contributed by atoms with Crippen LogP contribution in [0.4, 0.5) is 0 Å². The molecule has 2 aliphatic rings. The molecule has 5 rings (SSSR count).